The SMILES string of the molecule is CCOc1ccc(Cl)cc1NC(=O)Cc1nn(C)c(=O)c2ccccc12. The maximum absolute atomic E-state index is 12.6. The zero-order valence-corrected chi connectivity index (χ0v) is 15.2. The van der Waals surface area contributed by atoms with E-state index in [0.29, 0.717) is 39.5 Å². The number of ether oxygens (including phenoxy) is 1. The normalized spacial score (nSPS) is 10.7. The van der Waals surface area contributed by atoms with Crippen LogP contribution in [0.4, 0.5) is 5.69 Å². The van der Waals surface area contributed by atoms with Crippen LogP contribution in [0.15, 0.2) is 47.3 Å². The fourth-order valence-corrected chi connectivity index (χ4v) is 2.91. The van der Waals surface area contributed by atoms with Crippen LogP contribution in [0.3, 0.4) is 0 Å². The van der Waals surface area contributed by atoms with E-state index in [0.717, 1.165) is 0 Å². The second-order valence-electron chi connectivity index (χ2n) is 5.72. The van der Waals surface area contributed by atoms with Gasteiger partial charge in [-0.3, -0.25) is 9.59 Å². The lowest BCUT2D eigenvalue weighted by Crippen LogP contribution is -2.24. The molecule has 3 aromatic rings. The van der Waals surface area contributed by atoms with E-state index in [1.165, 1.54) is 4.68 Å². The summed E-state index contributed by atoms with van der Waals surface area (Å²) in [6.45, 7) is 2.33. The van der Waals surface area contributed by atoms with Crippen LogP contribution in [0, 0.1) is 0 Å². The van der Waals surface area contributed by atoms with Gasteiger partial charge in [0.05, 0.1) is 29.8 Å². The quantitative estimate of drug-likeness (QED) is 0.747. The number of carbonyl (C=O) groups is 1. The van der Waals surface area contributed by atoms with Gasteiger partial charge in [-0.25, -0.2) is 4.68 Å². The summed E-state index contributed by atoms with van der Waals surface area (Å²) < 4.78 is 6.76. The van der Waals surface area contributed by atoms with Gasteiger partial charge < -0.3 is 10.1 Å². The second-order valence-corrected chi connectivity index (χ2v) is 6.16. The number of anilines is 1. The minimum atomic E-state index is -0.274. The Bertz CT molecular complexity index is 1030. The molecule has 0 aliphatic heterocycles. The lowest BCUT2D eigenvalue weighted by Gasteiger charge is -2.12. The predicted molar refractivity (Wildman–Crippen MR) is 102 cm³/mol. The third-order valence-electron chi connectivity index (χ3n) is 3.88. The molecule has 26 heavy (non-hydrogen) atoms. The van der Waals surface area contributed by atoms with Gasteiger partial charge in [-0.1, -0.05) is 29.8 Å². The van der Waals surface area contributed by atoms with Crippen molar-refractivity contribution in [1.29, 1.82) is 0 Å². The number of rotatable bonds is 5. The molecule has 0 radical (unpaired) electrons. The first-order valence-electron chi connectivity index (χ1n) is 8.16. The van der Waals surface area contributed by atoms with E-state index in [-0.39, 0.29) is 17.9 Å². The molecule has 0 bridgehead atoms. The average Bonchev–Trinajstić information content (AvgIpc) is 2.62. The largest absolute Gasteiger partial charge is 0.492 e. The van der Waals surface area contributed by atoms with Crippen molar-refractivity contribution in [2.24, 2.45) is 7.05 Å². The number of amides is 1. The van der Waals surface area contributed by atoms with Crippen LogP contribution in [-0.4, -0.2) is 22.3 Å². The van der Waals surface area contributed by atoms with Gasteiger partial charge in [-0.2, -0.15) is 5.10 Å². The Morgan fingerprint density at radius 3 is 2.69 bits per heavy atom. The first kappa shape index (κ1) is 17.9. The van der Waals surface area contributed by atoms with Crippen molar-refractivity contribution in [3.8, 4) is 5.75 Å². The molecule has 7 heteroatoms. The number of benzene rings is 2. The molecule has 1 N–H and O–H groups in total. The smallest absolute Gasteiger partial charge is 0.274 e. The summed E-state index contributed by atoms with van der Waals surface area (Å²) in [4.78, 5) is 24.7. The van der Waals surface area contributed by atoms with Crippen LogP contribution in [0.1, 0.15) is 12.6 Å². The van der Waals surface area contributed by atoms with E-state index >= 15 is 0 Å². The summed E-state index contributed by atoms with van der Waals surface area (Å²) in [6.07, 6.45) is 0.0205. The summed E-state index contributed by atoms with van der Waals surface area (Å²) in [7, 11) is 1.57. The molecule has 0 aliphatic rings. The number of hydrogen-bond acceptors (Lipinski definition) is 4. The highest BCUT2D eigenvalue weighted by molar-refractivity contribution is 6.31. The maximum atomic E-state index is 12.6. The Hall–Kier alpha value is -2.86. The van der Waals surface area contributed by atoms with Crippen LogP contribution in [0.2, 0.25) is 5.02 Å². The van der Waals surface area contributed by atoms with Crippen molar-refractivity contribution < 1.29 is 9.53 Å². The first-order valence-corrected chi connectivity index (χ1v) is 8.54. The van der Waals surface area contributed by atoms with Crippen LogP contribution in [0.25, 0.3) is 10.8 Å². The summed E-state index contributed by atoms with van der Waals surface area (Å²) in [5.41, 5.74) is 0.830. The van der Waals surface area contributed by atoms with Gasteiger partial charge in [-0.15, -0.1) is 0 Å². The molecule has 3 rings (SSSR count). The zero-order valence-electron chi connectivity index (χ0n) is 14.5. The van der Waals surface area contributed by atoms with Crippen molar-refractivity contribution in [3.63, 3.8) is 0 Å². The molecule has 0 saturated carbocycles. The molecule has 134 valence electrons. The van der Waals surface area contributed by atoms with Gasteiger partial charge in [0.25, 0.3) is 5.56 Å². The molecular weight excluding hydrogens is 354 g/mol. The Morgan fingerprint density at radius 2 is 1.96 bits per heavy atom. The van der Waals surface area contributed by atoms with Crippen molar-refractivity contribution >= 4 is 34.0 Å². The lowest BCUT2D eigenvalue weighted by atomic mass is 10.1. The van der Waals surface area contributed by atoms with E-state index in [1.807, 2.05) is 13.0 Å². The van der Waals surface area contributed by atoms with E-state index in [4.69, 9.17) is 16.3 Å². The molecule has 0 unspecified atom stereocenters. The van der Waals surface area contributed by atoms with Gasteiger partial charge in [0.1, 0.15) is 5.75 Å². The molecule has 0 saturated heterocycles. The highest BCUT2D eigenvalue weighted by Crippen LogP contribution is 2.28. The monoisotopic (exact) mass is 371 g/mol. The first-order chi connectivity index (χ1) is 12.5. The summed E-state index contributed by atoms with van der Waals surface area (Å²) in [6, 6.07) is 12.2. The second kappa shape index (κ2) is 7.58. The Kier molecular flexibility index (Phi) is 5.23. The fraction of sp³-hybridized carbons (Fsp3) is 0.211. The lowest BCUT2D eigenvalue weighted by molar-refractivity contribution is -0.115. The number of aryl methyl sites for hydroxylation is 1. The molecule has 1 amide bonds. The Labute approximate surface area is 155 Å². The standard InChI is InChI=1S/C19H18ClN3O3/c1-3-26-17-9-8-12(20)10-16(17)21-18(24)11-15-13-6-4-5-7-14(13)19(25)23(2)22-15/h4-10H,3,11H2,1-2H3,(H,21,24). The van der Waals surface area contributed by atoms with Crippen molar-refractivity contribution in [2.45, 2.75) is 13.3 Å². The molecule has 0 fully saturated rings. The average molecular weight is 372 g/mol. The van der Waals surface area contributed by atoms with Gasteiger partial charge in [-0.05, 0) is 31.2 Å². The number of nitrogens with zero attached hydrogens (tertiary/aromatic N) is 2. The molecule has 2 aromatic carbocycles. The van der Waals surface area contributed by atoms with E-state index < -0.39 is 0 Å². The van der Waals surface area contributed by atoms with Gasteiger partial charge in [0, 0.05) is 17.5 Å². The number of halogens is 1. The summed E-state index contributed by atoms with van der Waals surface area (Å²) >= 11 is 6.02. The molecule has 1 heterocycles. The maximum Gasteiger partial charge on any atom is 0.274 e. The highest BCUT2D eigenvalue weighted by atomic mass is 35.5. The summed E-state index contributed by atoms with van der Waals surface area (Å²) in [5, 5.41) is 8.75. The van der Waals surface area contributed by atoms with Crippen molar-refractivity contribution in [2.75, 3.05) is 11.9 Å². The van der Waals surface area contributed by atoms with E-state index in [1.54, 1.807) is 43.4 Å². The van der Waals surface area contributed by atoms with E-state index in [9.17, 15) is 9.59 Å². The Morgan fingerprint density at radius 1 is 1.23 bits per heavy atom. The molecule has 0 spiro atoms. The Balaban J connectivity index is 1.90. The topological polar surface area (TPSA) is 73.2 Å². The van der Waals surface area contributed by atoms with Gasteiger partial charge >= 0.3 is 0 Å². The van der Waals surface area contributed by atoms with E-state index in [2.05, 4.69) is 10.4 Å². The zero-order chi connectivity index (χ0) is 18.7. The minimum Gasteiger partial charge on any atom is -0.492 e. The molecule has 0 aliphatic carbocycles. The van der Waals surface area contributed by atoms with Crippen molar-refractivity contribution in [1.82, 2.24) is 9.78 Å². The van der Waals surface area contributed by atoms with Crippen LogP contribution < -0.4 is 15.6 Å². The predicted octanol–water partition coefficient (Wildman–Crippen LogP) is 3.17. The number of nitrogens with one attached hydrogen (secondary N) is 1. The van der Waals surface area contributed by atoms with Gasteiger partial charge in [0.15, 0.2) is 0 Å². The molecule has 6 nitrogen and oxygen atoms in total. The van der Waals surface area contributed by atoms with Crippen LogP contribution in [-0.2, 0) is 18.3 Å². The summed E-state index contributed by atoms with van der Waals surface area (Å²) in [5.74, 6) is 0.271. The van der Waals surface area contributed by atoms with Crippen molar-refractivity contribution in [3.05, 3.63) is 63.5 Å². The number of hydrogen-bond donors (Lipinski definition) is 1. The number of aromatic nitrogens is 2. The number of carbonyl (C=O) groups excluding carboxylic acids is 1. The van der Waals surface area contributed by atoms with Crippen LogP contribution >= 0.6 is 11.6 Å². The molecular formula is C19H18ClN3O3. The van der Waals surface area contributed by atoms with Crippen LogP contribution in [0.5, 0.6) is 5.75 Å². The van der Waals surface area contributed by atoms with Gasteiger partial charge in [0.2, 0.25) is 5.91 Å². The third-order valence-corrected chi connectivity index (χ3v) is 4.11. The fourth-order valence-electron chi connectivity index (χ4n) is 2.73. The number of fused-ring (bicyclic) bond motifs is 1. The molecule has 1 aromatic heterocycles. The highest BCUT2D eigenvalue weighted by Gasteiger charge is 2.14. The minimum absolute atomic E-state index is 0.0205. The third kappa shape index (κ3) is 3.70. The molecule has 0 atom stereocenters.